The van der Waals surface area contributed by atoms with Gasteiger partial charge in [0.2, 0.25) is 11.8 Å². The largest absolute Gasteiger partial charge is 0.496 e. The maximum absolute atomic E-state index is 12.7. The smallest absolute Gasteiger partial charge is 0.226 e. The monoisotopic (exact) mass is 497 g/mol. The van der Waals surface area contributed by atoms with Gasteiger partial charge in [0.1, 0.15) is 11.5 Å². The number of para-hydroxylation sites is 1. The summed E-state index contributed by atoms with van der Waals surface area (Å²) in [5, 5.41) is 3.07. The lowest BCUT2D eigenvalue weighted by molar-refractivity contribution is -0.126. The summed E-state index contributed by atoms with van der Waals surface area (Å²) in [5.74, 6) is 2.44. The SMILES string of the molecule is COc1ccccc1CNC(=O)C1CCN(Cc2nc(-c3cccc(Br)c3)oc2C)CC1. The van der Waals surface area contributed by atoms with Crippen molar-refractivity contribution in [3.63, 3.8) is 0 Å². The number of hydrogen-bond acceptors (Lipinski definition) is 5. The first kappa shape index (κ1) is 22.6. The van der Waals surface area contributed by atoms with E-state index in [1.165, 1.54) is 0 Å². The van der Waals surface area contributed by atoms with Gasteiger partial charge in [0.25, 0.3) is 0 Å². The van der Waals surface area contributed by atoms with Crippen molar-refractivity contribution in [2.45, 2.75) is 32.9 Å². The Morgan fingerprint density at radius 3 is 2.75 bits per heavy atom. The fourth-order valence-electron chi connectivity index (χ4n) is 4.06. The van der Waals surface area contributed by atoms with Crippen LogP contribution < -0.4 is 10.1 Å². The number of nitrogens with zero attached hydrogens (tertiary/aromatic N) is 2. The fourth-order valence-corrected chi connectivity index (χ4v) is 4.46. The topological polar surface area (TPSA) is 67.6 Å². The van der Waals surface area contributed by atoms with Crippen LogP contribution in [-0.4, -0.2) is 36.0 Å². The van der Waals surface area contributed by atoms with Gasteiger partial charge in [-0.1, -0.05) is 40.2 Å². The summed E-state index contributed by atoms with van der Waals surface area (Å²) in [6.45, 7) is 4.91. The van der Waals surface area contributed by atoms with Crippen LogP contribution in [0.3, 0.4) is 0 Å². The molecule has 1 fully saturated rings. The lowest BCUT2D eigenvalue weighted by atomic mass is 9.95. The average Bonchev–Trinajstić information content (AvgIpc) is 3.18. The fraction of sp³-hybridized carbons (Fsp3) is 0.360. The number of ether oxygens (including phenoxy) is 1. The molecule has 1 amide bonds. The maximum atomic E-state index is 12.7. The molecule has 0 bridgehead atoms. The first-order valence-electron chi connectivity index (χ1n) is 10.9. The second kappa shape index (κ2) is 10.3. The third-order valence-corrected chi connectivity index (χ3v) is 6.43. The van der Waals surface area contributed by atoms with Crippen LogP contribution in [0.2, 0.25) is 0 Å². The van der Waals surface area contributed by atoms with E-state index >= 15 is 0 Å². The highest BCUT2D eigenvalue weighted by molar-refractivity contribution is 9.10. The molecular weight excluding hydrogens is 470 g/mol. The van der Waals surface area contributed by atoms with Crippen molar-refractivity contribution in [2.75, 3.05) is 20.2 Å². The number of aryl methyl sites for hydroxylation is 1. The minimum Gasteiger partial charge on any atom is -0.496 e. The second-order valence-electron chi connectivity index (χ2n) is 8.11. The Kier molecular flexibility index (Phi) is 7.27. The normalized spacial score (nSPS) is 15.0. The zero-order valence-electron chi connectivity index (χ0n) is 18.4. The number of carbonyl (C=O) groups is 1. The lowest BCUT2D eigenvalue weighted by Gasteiger charge is -2.30. The molecule has 0 radical (unpaired) electrons. The number of nitrogens with one attached hydrogen (secondary N) is 1. The van der Waals surface area contributed by atoms with Crippen molar-refractivity contribution in [1.29, 1.82) is 0 Å². The summed E-state index contributed by atoms with van der Waals surface area (Å²) in [4.78, 5) is 19.8. The summed E-state index contributed by atoms with van der Waals surface area (Å²) >= 11 is 3.50. The van der Waals surface area contributed by atoms with Crippen molar-refractivity contribution < 1.29 is 13.9 Å². The van der Waals surface area contributed by atoms with Gasteiger partial charge in [0, 0.05) is 34.6 Å². The van der Waals surface area contributed by atoms with Crippen molar-refractivity contribution in [2.24, 2.45) is 5.92 Å². The van der Waals surface area contributed by atoms with E-state index in [9.17, 15) is 4.79 Å². The van der Waals surface area contributed by atoms with E-state index in [-0.39, 0.29) is 11.8 Å². The Morgan fingerprint density at radius 2 is 2.00 bits per heavy atom. The van der Waals surface area contributed by atoms with Gasteiger partial charge in [-0.25, -0.2) is 4.98 Å². The van der Waals surface area contributed by atoms with Crippen LogP contribution in [0, 0.1) is 12.8 Å². The highest BCUT2D eigenvalue weighted by Crippen LogP contribution is 2.26. The Labute approximate surface area is 197 Å². The first-order valence-corrected chi connectivity index (χ1v) is 11.7. The molecule has 168 valence electrons. The third-order valence-electron chi connectivity index (χ3n) is 5.94. The number of piperidine rings is 1. The van der Waals surface area contributed by atoms with Crippen LogP contribution in [-0.2, 0) is 17.9 Å². The molecular formula is C25H28BrN3O3. The molecule has 1 aromatic heterocycles. The summed E-state index contributed by atoms with van der Waals surface area (Å²) in [5.41, 5.74) is 2.90. The summed E-state index contributed by atoms with van der Waals surface area (Å²) in [7, 11) is 1.65. The zero-order chi connectivity index (χ0) is 22.5. The number of likely N-dealkylation sites (tertiary alicyclic amines) is 1. The quantitative estimate of drug-likeness (QED) is 0.500. The molecule has 0 atom stereocenters. The minimum atomic E-state index is 0.0385. The Morgan fingerprint density at radius 1 is 1.22 bits per heavy atom. The molecule has 3 aromatic rings. The van der Waals surface area contributed by atoms with E-state index < -0.39 is 0 Å². The van der Waals surface area contributed by atoms with Gasteiger partial charge >= 0.3 is 0 Å². The molecule has 1 aliphatic rings. The molecule has 1 saturated heterocycles. The molecule has 0 aliphatic carbocycles. The maximum Gasteiger partial charge on any atom is 0.226 e. The number of oxazole rings is 1. The molecule has 0 saturated carbocycles. The number of methoxy groups -OCH3 is 1. The van der Waals surface area contributed by atoms with Crippen molar-refractivity contribution >= 4 is 21.8 Å². The highest BCUT2D eigenvalue weighted by atomic mass is 79.9. The van der Waals surface area contributed by atoms with Crippen molar-refractivity contribution in [1.82, 2.24) is 15.2 Å². The molecule has 4 rings (SSSR count). The van der Waals surface area contributed by atoms with E-state index in [1.54, 1.807) is 7.11 Å². The molecule has 0 unspecified atom stereocenters. The molecule has 1 N–H and O–H groups in total. The molecule has 32 heavy (non-hydrogen) atoms. The summed E-state index contributed by atoms with van der Waals surface area (Å²) < 4.78 is 12.3. The van der Waals surface area contributed by atoms with E-state index in [1.807, 2.05) is 55.5 Å². The molecule has 0 spiro atoms. The van der Waals surface area contributed by atoms with Crippen molar-refractivity contribution in [3.8, 4) is 17.2 Å². The van der Waals surface area contributed by atoms with Gasteiger partial charge in [0.15, 0.2) is 0 Å². The highest BCUT2D eigenvalue weighted by Gasteiger charge is 2.26. The van der Waals surface area contributed by atoms with Gasteiger partial charge in [-0.2, -0.15) is 0 Å². The van der Waals surface area contributed by atoms with Gasteiger partial charge in [-0.05, 0) is 57.1 Å². The zero-order valence-corrected chi connectivity index (χ0v) is 20.0. The van der Waals surface area contributed by atoms with E-state index in [0.717, 1.165) is 65.3 Å². The number of hydrogen-bond donors (Lipinski definition) is 1. The number of aromatic nitrogens is 1. The van der Waals surface area contributed by atoms with Crippen LogP contribution in [0.15, 0.2) is 57.4 Å². The van der Waals surface area contributed by atoms with Gasteiger partial charge in [-0.3, -0.25) is 9.69 Å². The number of amides is 1. The van der Waals surface area contributed by atoms with Gasteiger partial charge < -0.3 is 14.5 Å². The van der Waals surface area contributed by atoms with Crippen LogP contribution in [0.25, 0.3) is 11.5 Å². The second-order valence-corrected chi connectivity index (χ2v) is 9.03. The van der Waals surface area contributed by atoms with Crippen molar-refractivity contribution in [3.05, 3.63) is 70.0 Å². The minimum absolute atomic E-state index is 0.0385. The van der Waals surface area contributed by atoms with E-state index in [4.69, 9.17) is 14.1 Å². The number of carbonyl (C=O) groups excluding carboxylic acids is 1. The van der Waals surface area contributed by atoms with Gasteiger partial charge in [-0.15, -0.1) is 0 Å². The number of halogens is 1. The number of benzene rings is 2. The molecule has 2 aromatic carbocycles. The van der Waals surface area contributed by atoms with Crippen LogP contribution in [0.1, 0.15) is 29.9 Å². The predicted molar refractivity (Wildman–Crippen MR) is 127 cm³/mol. The average molecular weight is 498 g/mol. The molecule has 7 heteroatoms. The Balaban J connectivity index is 1.29. The standard InChI is InChI=1S/C25H28BrN3O3/c1-17-22(28-25(32-17)19-7-5-8-21(26)14-19)16-29-12-10-18(11-13-29)24(30)27-15-20-6-3-4-9-23(20)31-2/h3-9,14,18H,10-13,15-16H2,1-2H3,(H,27,30). The molecule has 2 heterocycles. The van der Waals surface area contributed by atoms with Crippen LogP contribution >= 0.6 is 15.9 Å². The van der Waals surface area contributed by atoms with E-state index in [2.05, 4.69) is 26.1 Å². The van der Waals surface area contributed by atoms with Crippen LogP contribution in [0.4, 0.5) is 0 Å². The summed E-state index contributed by atoms with van der Waals surface area (Å²) in [6, 6.07) is 15.7. The molecule has 6 nitrogen and oxygen atoms in total. The lowest BCUT2D eigenvalue weighted by Crippen LogP contribution is -2.40. The summed E-state index contributed by atoms with van der Waals surface area (Å²) in [6.07, 6.45) is 1.68. The first-order chi connectivity index (χ1) is 15.5. The Hall–Kier alpha value is -2.64. The number of rotatable bonds is 7. The van der Waals surface area contributed by atoms with Gasteiger partial charge in [0.05, 0.1) is 12.8 Å². The predicted octanol–water partition coefficient (Wildman–Crippen LogP) is 4.95. The molecule has 1 aliphatic heterocycles. The third kappa shape index (κ3) is 5.40. The Bertz CT molecular complexity index is 1070. The van der Waals surface area contributed by atoms with E-state index in [0.29, 0.717) is 12.4 Å². The van der Waals surface area contributed by atoms with Crippen LogP contribution in [0.5, 0.6) is 5.75 Å².